The van der Waals surface area contributed by atoms with Gasteiger partial charge in [-0.1, -0.05) is 12.1 Å². The van der Waals surface area contributed by atoms with Crippen LogP contribution in [-0.2, 0) is 0 Å². The molecule has 0 aliphatic heterocycles. The molecule has 3 rings (SSSR count). The van der Waals surface area contributed by atoms with Crippen molar-refractivity contribution in [2.24, 2.45) is 5.92 Å². The van der Waals surface area contributed by atoms with E-state index in [1.165, 1.54) is 12.8 Å². The van der Waals surface area contributed by atoms with Crippen molar-refractivity contribution in [2.75, 3.05) is 19.3 Å². The Bertz CT molecular complexity index is 598. The maximum Gasteiger partial charge on any atom is 0.270 e. The third-order valence-corrected chi connectivity index (χ3v) is 3.49. The van der Waals surface area contributed by atoms with Gasteiger partial charge >= 0.3 is 0 Å². The maximum absolute atomic E-state index is 12.2. The van der Waals surface area contributed by atoms with Gasteiger partial charge in [0, 0.05) is 19.0 Å². The van der Waals surface area contributed by atoms with E-state index in [1.54, 1.807) is 4.90 Å². The standard InChI is InChI=1S/C14H17N3O/c1-17(8-9-5-6-9)14(18)12-7-10-3-2-4-11(15)13(10)16-12/h2-4,7,9,16H,5-6,8,15H2,1H3. The lowest BCUT2D eigenvalue weighted by molar-refractivity contribution is 0.0784. The van der Waals surface area contributed by atoms with Crippen molar-refractivity contribution in [1.29, 1.82) is 0 Å². The number of amides is 1. The van der Waals surface area contributed by atoms with Crippen molar-refractivity contribution in [3.8, 4) is 0 Å². The number of hydrogen-bond donors (Lipinski definition) is 2. The normalized spacial score (nSPS) is 14.9. The maximum atomic E-state index is 12.2. The molecule has 0 spiro atoms. The minimum atomic E-state index is 0.0394. The summed E-state index contributed by atoms with van der Waals surface area (Å²) in [6, 6.07) is 7.56. The Kier molecular flexibility index (Phi) is 2.51. The van der Waals surface area contributed by atoms with Crippen LogP contribution >= 0.6 is 0 Å². The third kappa shape index (κ3) is 1.94. The summed E-state index contributed by atoms with van der Waals surface area (Å²) in [7, 11) is 1.86. The van der Waals surface area contributed by atoms with Crippen LogP contribution in [0.3, 0.4) is 0 Å². The van der Waals surface area contributed by atoms with Gasteiger partial charge in [0.1, 0.15) is 5.69 Å². The number of carbonyl (C=O) groups is 1. The Morgan fingerprint density at radius 3 is 2.94 bits per heavy atom. The van der Waals surface area contributed by atoms with Crippen molar-refractivity contribution in [1.82, 2.24) is 9.88 Å². The molecule has 4 nitrogen and oxygen atoms in total. The molecule has 1 amide bonds. The fourth-order valence-corrected chi connectivity index (χ4v) is 2.27. The number of carbonyl (C=O) groups excluding carboxylic acids is 1. The quantitative estimate of drug-likeness (QED) is 0.812. The number of nitrogens with two attached hydrogens (primary N) is 1. The number of nitrogens with one attached hydrogen (secondary N) is 1. The van der Waals surface area contributed by atoms with Gasteiger partial charge < -0.3 is 15.6 Å². The molecule has 0 bridgehead atoms. The van der Waals surface area contributed by atoms with Crippen molar-refractivity contribution in [3.05, 3.63) is 30.0 Å². The molecule has 1 saturated carbocycles. The first-order valence-electron chi connectivity index (χ1n) is 6.28. The average molecular weight is 243 g/mol. The number of rotatable bonds is 3. The van der Waals surface area contributed by atoms with Crippen LogP contribution in [0.25, 0.3) is 10.9 Å². The Labute approximate surface area is 106 Å². The molecular weight excluding hydrogens is 226 g/mol. The average Bonchev–Trinajstić information content (AvgIpc) is 3.04. The fourth-order valence-electron chi connectivity index (χ4n) is 2.27. The topological polar surface area (TPSA) is 62.1 Å². The smallest absolute Gasteiger partial charge is 0.270 e. The Hall–Kier alpha value is -1.97. The fraction of sp³-hybridized carbons (Fsp3) is 0.357. The predicted molar refractivity (Wildman–Crippen MR) is 72.4 cm³/mol. The highest BCUT2D eigenvalue weighted by atomic mass is 16.2. The van der Waals surface area contributed by atoms with Crippen LogP contribution in [0.15, 0.2) is 24.3 Å². The molecule has 0 radical (unpaired) electrons. The molecule has 1 aliphatic rings. The summed E-state index contributed by atoms with van der Waals surface area (Å²) in [6.45, 7) is 0.851. The van der Waals surface area contributed by atoms with Gasteiger partial charge in [-0.25, -0.2) is 0 Å². The van der Waals surface area contributed by atoms with Gasteiger partial charge in [-0.3, -0.25) is 4.79 Å². The lowest BCUT2D eigenvalue weighted by Gasteiger charge is -2.15. The summed E-state index contributed by atoms with van der Waals surface area (Å²) in [5, 5.41) is 0.984. The second-order valence-electron chi connectivity index (χ2n) is 5.12. The molecule has 0 atom stereocenters. The first-order chi connectivity index (χ1) is 8.65. The molecule has 0 saturated heterocycles. The number of aromatic nitrogens is 1. The summed E-state index contributed by atoms with van der Waals surface area (Å²) in [6.07, 6.45) is 2.49. The minimum absolute atomic E-state index is 0.0394. The number of fused-ring (bicyclic) bond motifs is 1. The number of nitrogen functional groups attached to an aromatic ring is 1. The van der Waals surface area contributed by atoms with Crippen LogP contribution in [0.4, 0.5) is 5.69 Å². The van der Waals surface area contributed by atoms with Crippen molar-refractivity contribution in [2.45, 2.75) is 12.8 Å². The summed E-state index contributed by atoms with van der Waals surface area (Å²) in [5.41, 5.74) is 8.02. The molecule has 1 aliphatic carbocycles. The monoisotopic (exact) mass is 243 g/mol. The SMILES string of the molecule is CN(CC1CC1)C(=O)c1cc2cccc(N)c2[nH]1. The molecule has 1 aromatic carbocycles. The molecule has 0 unspecified atom stereocenters. The Balaban J connectivity index is 1.88. The zero-order valence-electron chi connectivity index (χ0n) is 10.4. The molecule has 2 aromatic rings. The van der Waals surface area contributed by atoms with Crippen LogP contribution in [0.1, 0.15) is 23.3 Å². The zero-order valence-corrected chi connectivity index (χ0v) is 10.4. The van der Waals surface area contributed by atoms with Crippen LogP contribution in [0.2, 0.25) is 0 Å². The van der Waals surface area contributed by atoms with Gasteiger partial charge in [0.05, 0.1) is 11.2 Å². The number of hydrogen-bond acceptors (Lipinski definition) is 2. The van der Waals surface area contributed by atoms with Gasteiger partial charge in [-0.05, 0) is 30.9 Å². The van der Waals surface area contributed by atoms with Crippen LogP contribution in [0, 0.1) is 5.92 Å². The molecule has 94 valence electrons. The first kappa shape index (κ1) is 11.1. The molecule has 1 heterocycles. The lowest BCUT2D eigenvalue weighted by atomic mass is 10.2. The predicted octanol–water partition coefficient (Wildman–Crippen LogP) is 2.23. The van der Waals surface area contributed by atoms with Crippen LogP contribution in [-0.4, -0.2) is 29.4 Å². The number of para-hydroxylation sites is 1. The van der Waals surface area contributed by atoms with Crippen LogP contribution in [0.5, 0.6) is 0 Å². The highest BCUT2D eigenvalue weighted by Crippen LogP contribution is 2.30. The molecular formula is C14H17N3O. The molecule has 18 heavy (non-hydrogen) atoms. The number of anilines is 1. The highest BCUT2D eigenvalue weighted by molar-refractivity contribution is 6.00. The van der Waals surface area contributed by atoms with E-state index in [4.69, 9.17) is 5.73 Å². The minimum Gasteiger partial charge on any atom is -0.397 e. The van der Waals surface area contributed by atoms with Gasteiger partial charge in [-0.2, -0.15) is 0 Å². The Morgan fingerprint density at radius 2 is 2.28 bits per heavy atom. The van der Waals surface area contributed by atoms with Gasteiger partial charge in [0.2, 0.25) is 0 Å². The van der Waals surface area contributed by atoms with Crippen molar-refractivity contribution < 1.29 is 4.79 Å². The Morgan fingerprint density at radius 1 is 1.50 bits per heavy atom. The summed E-state index contributed by atoms with van der Waals surface area (Å²) < 4.78 is 0. The summed E-state index contributed by atoms with van der Waals surface area (Å²) >= 11 is 0. The van der Waals surface area contributed by atoms with Crippen molar-refractivity contribution in [3.63, 3.8) is 0 Å². The second-order valence-corrected chi connectivity index (χ2v) is 5.12. The van der Waals surface area contributed by atoms with E-state index in [0.29, 0.717) is 17.3 Å². The third-order valence-electron chi connectivity index (χ3n) is 3.49. The van der Waals surface area contributed by atoms with Gasteiger partial charge in [-0.15, -0.1) is 0 Å². The second kappa shape index (κ2) is 4.05. The van der Waals surface area contributed by atoms with E-state index < -0.39 is 0 Å². The van der Waals surface area contributed by atoms with Crippen molar-refractivity contribution >= 4 is 22.5 Å². The number of aromatic amines is 1. The summed E-state index contributed by atoms with van der Waals surface area (Å²) in [5.74, 6) is 0.742. The molecule has 4 heteroatoms. The van der Waals surface area contributed by atoms with E-state index in [2.05, 4.69) is 4.98 Å². The van der Waals surface area contributed by atoms with E-state index in [9.17, 15) is 4.79 Å². The molecule has 1 fully saturated rings. The number of benzene rings is 1. The molecule has 3 N–H and O–H groups in total. The largest absolute Gasteiger partial charge is 0.397 e. The highest BCUT2D eigenvalue weighted by Gasteiger charge is 2.25. The number of H-pyrrole nitrogens is 1. The zero-order chi connectivity index (χ0) is 12.7. The summed E-state index contributed by atoms with van der Waals surface area (Å²) in [4.78, 5) is 17.2. The molecule has 1 aromatic heterocycles. The van der Waals surface area contributed by atoms with Gasteiger partial charge in [0.25, 0.3) is 5.91 Å². The lowest BCUT2D eigenvalue weighted by Crippen LogP contribution is -2.28. The van der Waals surface area contributed by atoms with Crippen LogP contribution < -0.4 is 5.73 Å². The van der Waals surface area contributed by atoms with E-state index in [0.717, 1.165) is 17.4 Å². The van der Waals surface area contributed by atoms with E-state index in [1.807, 2.05) is 31.3 Å². The van der Waals surface area contributed by atoms with E-state index in [-0.39, 0.29) is 5.91 Å². The first-order valence-corrected chi connectivity index (χ1v) is 6.28. The van der Waals surface area contributed by atoms with Gasteiger partial charge in [0.15, 0.2) is 0 Å². The van der Waals surface area contributed by atoms with E-state index >= 15 is 0 Å². The number of nitrogens with zero attached hydrogens (tertiary/aromatic N) is 1.